The molecule has 2 aliphatic rings. The number of fused-ring (bicyclic) bond motifs is 1. The summed E-state index contributed by atoms with van der Waals surface area (Å²) in [7, 11) is 0. The Labute approximate surface area is 148 Å². The third-order valence-corrected chi connectivity index (χ3v) is 5.37. The van der Waals surface area contributed by atoms with E-state index >= 15 is 0 Å². The molecule has 1 aromatic carbocycles. The number of carbonyl (C=O) groups is 1. The maximum atomic E-state index is 12.9. The second-order valence-corrected chi connectivity index (χ2v) is 7.16. The van der Waals surface area contributed by atoms with Crippen LogP contribution in [0.5, 0.6) is 0 Å². The number of hydrogen-bond donors (Lipinski definition) is 1. The molecule has 6 nitrogen and oxygen atoms in total. The number of amides is 1. The second kappa shape index (κ2) is 6.96. The van der Waals surface area contributed by atoms with Crippen LogP contribution < -0.4 is 5.32 Å². The lowest BCUT2D eigenvalue weighted by Crippen LogP contribution is -2.42. The van der Waals surface area contributed by atoms with Gasteiger partial charge in [0.2, 0.25) is 5.91 Å². The number of piperidine rings is 1. The van der Waals surface area contributed by atoms with Crippen molar-refractivity contribution in [1.82, 2.24) is 25.0 Å². The van der Waals surface area contributed by atoms with E-state index in [0.29, 0.717) is 19.0 Å². The molecule has 3 heterocycles. The Balaban J connectivity index is 1.52. The first-order chi connectivity index (χ1) is 12.2. The molecule has 1 amide bonds. The topological polar surface area (TPSA) is 63.1 Å². The van der Waals surface area contributed by atoms with Gasteiger partial charge in [0, 0.05) is 13.0 Å². The van der Waals surface area contributed by atoms with Crippen molar-refractivity contribution in [3.63, 3.8) is 0 Å². The van der Waals surface area contributed by atoms with Crippen molar-refractivity contribution in [2.45, 2.75) is 45.3 Å². The lowest BCUT2D eigenvalue weighted by Gasteiger charge is -2.32. The highest BCUT2D eigenvalue weighted by atomic mass is 16.2. The number of carbonyl (C=O) groups excluding carboxylic acids is 1. The molecule has 2 aromatic rings. The lowest BCUT2D eigenvalue weighted by atomic mass is 9.94. The largest absolute Gasteiger partial charge is 0.329 e. The van der Waals surface area contributed by atoms with Gasteiger partial charge in [0.1, 0.15) is 11.9 Å². The summed E-state index contributed by atoms with van der Waals surface area (Å²) in [5, 5.41) is 12.2. The summed E-state index contributed by atoms with van der Waals surface area (Å²) in [6.45, 7) is 5.28. The Morgan fingerprint density at radius 2 is 1.92 bits per heavy atom. The Morgan fingerprint density at radius 3 is 2.68 bits per heavy atom. The Morgan fingerprint density at radius 1 is 1.16 bits per heavy atom. The molecule has 1 fully saturated rings. The molecule has 0 radical (unpaired) electrons. The third kappa shape index (κ3) is 3.31. The molecule has 4 rings (SSSR count). The molecule has 132 valence electrons. The molecule has 6 heteroatoms. The SMILES string of the molecule is C[C@H]1C(=O)N(Cc2ccccc2)Cc2nnc(CC3CCNCC3)n21. The molecule has 0 aliphatic carbocycles. The van der Waals surface area contributed by atoms with Crippen LogP contribution in [-0.2, 0) is 24.3 Å². The fourth-order valence-electron chi connectivity index (χ4n) is 3.96. The smallest absolute Gasteiger partial charge is 0.246 e. The normalized spacial score (nSPS) is 21.4. The number of nitrogens with one attached hydrogen (secondary N) is 1. The molecule has 0 unspecified atom stereocenters. The minimum absolute atomic E-state index is 0.155. The lowest BCUT2D eigenvalue weighted by molar-refractivity contribution is -0.137. The number of aromatic nitrogens is 3. The first-order valence-corrected chi connectivity index (χ1v) is 9.18. The van der Waals surface area contributed by atoms with E-state index in [2.05, 4.69) is 32.2 Å². The zero-order valence-corrected chi connectivity index (χ0v) is 14.7. The zero-order chi connectivity index (χ0) is 17.2. The van der Waals surface area contributed by atoms with Gasteiger partial charge in [-0.25, -0.2) is 0 Å². The quantitative estimate of drug-likeness (QED) is 0.924. The summed E-state index contributed by atoms with van der Waals surface area (Å²) in [5.41, 5.74) is 1.14. The molecule has 0 spiro atoms. The van der Waals surface area contributed by atoms with Crippen LogP contribution in [0.3, 0.4) is 0 Å². The fraction of sp³-hybridized carbons (Fsp3) is 0.526. The molecule has 2 aliphatic heterocycles. The average Bonchev–Trinajstić information content (AvgIpc) is 3.04. The summed E-state index contributed by atoms with van der Waals surface area (Å²) in [6.07, 6.45) is 3.26. The molecule has 1 atom stereocenters. The predicted octanol–water partition coefficient (Wildman–Crippen LogP) is 1.92. The van der Waals surface area contributed by atoms with Gasteiger partial charge in [-0.05, 0) is 44.3 Å². The minimum Gasteiger partial charge on any atom is -0.329 e. The van der Waals surface area contributed by atoms with Crippen LogP contribution in [0.2, 0.25) is 0 Å². The maximum absolute atomic E-state index is 12.9. The van der Waals surface area contributed by atoms with Crippen LogP contribution in [0.4, 0.5) is 0 Å². The Kier molecular flexibility index (Phi) is 4.53. The molecular weight excluding hydrogens is 314 g/mol. The highest BCUT2D eigenvalue weighted by Gasteiger charge is 2.33. The van der Waals surface area contributed by atoms with Crippen LogP contribution >= 0.6 is 0 Å². The van der Waals surface area contributed by atoms with E-state index in [0.717, 1.165) is 36.7 Å². The fourth-order valence-corrected chi connectivity index (χ4v) is 3.96. The molecule has 0 bridgehead atoms. The van der Waals surface area contributed by atoms with E-state index in [4.69, 9.17) is 0 Å². The maximum Gasteiger partial charge on any atom is 0.246 e. The van der Waals surface area contributed by atoms with E-state index in [9.17, 15) is 4.79 Å². The van der Waals surface area contributed by atoms with Crippen molar-refractivity contribution in [3.05, 3.63) is 47.5 Å². The van der Waals surface area contributed by atoms with Gasteiger partial charge in [-0.3, -0.25) is 4.79 Å². The average molecular weight is 339 g/mol. The first-order valence-electron chi connectivity index (χ1n) is 9.18. The van der Waals surface area contributed by atoms with Crippen molar-refractivity contribution in [2.24, 2.45) is 5.92 Å². The molecule has 0 saturated carbocycles. The second-order valence-electron chi connectivity index (χ2n) is 7.16. The number of nitrogens with zero attached hydrogens (tertiary/aromatic N) is 4. The molecule has 1 aromatic heterocycles. The van der Waals surface area contributed by atoms with Crippen LogP contribution in [0, 0.1) is 5.92 Å². The zero-order valence-electron chi connectivity index (χ0n) is 14.7. The highest BCUT2D eigenvalue weighted by Crippen LogP contribution is 2.26. The molecule has 25 heavy (non-hydrogen) atoms. The van der Waals surface area contributed by atoms with Crippen molar-refractivity contribution >= 4 is 5.91 Å². The van der Waals surface area contributed by atoms with Gasteiger partial charge in [-0.15, -0.1) is 10.2 Å². The van der Waals surface area contributed by atoms with Crippen LogP contribution in [0.1, 0.15) is 43.0 Å². The summed E-state index contributed by atoms with van der Waals surface area (Å²) < 4.78 is 2.08. The van der Waals surface area contributed by atoms with Gasteiger partial charge < -0.3 is 14.8 Å². The Bertz CT molecular complexity index is 736. The van der Waals surface area contributed by atoms with Crippen molar-refractivity contribution in [1.29, 1.82) is 0 Å². The monoisotopic (exact) mass is 339 g/mol. The summed E-state index contributed by atoms with van der Waals surface area (Å²) in [4.78, 5) is 14.8. The van der Waals surface area contributed by atoms with Crippen LogP contribution in [-0.4, -0.2) is 38.7 Å². The minimum atomic E-state index is -0.223. The predicted molar refractivity (Wildman–Crippen MR) is 94.7 cm³/mol. The van der Waals surface area contributed by atoms with Crippen molar-refractivity contribution in [3.8, 4) is 0 Å². The van der Waals surface area contributed by atoms with Gasteiger partial charge in [0.05, 0.1) is 6.54 Å². The molecule has 1 N–H and O–H groups in total. The van der Waals surface area contributed by atoms with E-state index < -0.39 is 0 Å². The van der Waals surface area contributed by atoms with Gasteiger partial charge >= 0.3 is 0 Å². The van der Waals surface area contributed by atoms with Crippen LogP contribution in [0.25, 0.3) is 0 Å². The van der Waals surface area contributed by atoms with Gasteiger partial charge in [0.15, 0.2) is 5.82 Å². The van der Waals surface area contributed by atoms with E-state index in [1.807, 2.05) is 30.0 Å². The highest BCUT2D eigenvalue weighted by molar-refractivity contribution is 5.81. The summed E-state index contributed by atoms with van der Waals surface area (Å²) >= 11 is 0. The summed E-state index contributed by atoms with van der Waals surface area (Å²) in [6, 6.07) is 9.90. The van der Waals surface area contributed by atoms with E-state index in [-0.39, 0.29) is 11.9 Å². The first kappa shape index (κ1) is 16.3. The van der Waals surface area contributed by atoms with E-state index in [1.165, 1.54) is 12.8 Å². The van der Waals surface area contributed by atoms with Gasteiger partial charge in [0.25, 0.3) is 0 Å². The third-order valence-electron chi connectivity index (χ3n) is 5.37. The van der Waals surface area contributed by atoms with Crippen molar-refractivity contribution in [2.75, 3.05) is 13.1 Å². The number of benzene rings is 1. The molecule has 1 saturated heterocycles. The standard InChI is InChI=1S/C19H25N5O/c1-14-19(25)23(12-16-5-3-2-4-6-16)13-18-22-21-17(24(14)18)11-15-7-9-20-10-8-15/h2-6,14-15,20H,7-13H2,1H3/t14-/m0/s1. The number of hydrogen-bond acceptors (Lipinski definition) is 4. The van der Waals surface area contributed by atoms with E-state index in [1.54, 1.807) is 0 Å². The van der Waals surface area contributed by atoms with Gasteiger partial charge in [-0.2, -0.15) is 0 Å². The summed E-state index contributed by atoms with van der Waals surface area (Å²) in [5.74, 6) is 2.68. The number of rotatable bonds is 4. The molecular formula is C19H25N5O. The van der Waals surface area contributed by atoms with Gasteiger partial charge in [-0.1, -0.05) is 30.3 Å². The Hall–Kier alpha value is -2.21. The van der Waals surface area contributed by atoms with Crippen LogP contribution in [0.15, 0.2) is 30.3 Å². The van der Waals surface area contributed by atoms with Crippen molar-refractivity contribution < 1.29 is 4.79 Å².